The standard InChI is InChI=1S/C24H26N2O5/c27-21(13-15-7-2-1-3-8-15)22(28)25-18-14-16-9-4-5-10-17(16)19-11-6-12-20(24(30)31)26(19)23(18)29/h1-5,7-10,18-21,27H,6,11-14H2,(H,25,28)(H,30,31)/t18?,19?,20?,21-/m0/s1. The minimum absolute atomic E-state index is 0.133. The van der Waals surface area contributed by atoms with Gasteiger partial charge in [-0.25, -0.2) is 4.79 Å². The Hall–Kier alpha value is -3.19. The Balaban J connectivity index is 1.59. The summed E-state index contributed by atoms with van der Waals surface area (Å²) in [6.45, 7) is 0. The molecule has 2 heterocycles. The minimum Gasteiger partial charge on any atom is -0.480 e. The van der Waals surface area contributed by atoms with Crippen molar-refractivity contribution in [3.05, 3.63) is 71.3 Å². The fourth-order valence-electron chi connectivity index (χ4n) is 4.70. The number of amides is 2. The molecule has 2 amide bonds. The van der Waals surface area contributed by atoms with E-state index >= 15 is 0 Å². The summed E-state index contributed by atoms with van der Waals surface area (Å²) in [6.07, 6.45) is 0.876. The van der Waals surface area contributed by atoms with Gasteiger partial charge in [-0.15, -0.1) is 0 Å². The Kier molecular flexibility index (Phi) is 6.04. The number of nitrogens with zero attached hydrogens (tertiary/aromatic N) is 1. The van der Waals surface area contributed by atoms with Crippen molar-refractivity contribution in [3.8, 4) is 0 Å². The number of carboxylic acids is 1. The molecule has 162 valence electrons. The molecule has 7 heteroatoms. The summed E-state index contributed by atoms with van der Waals surface area (Å²) in [6, 6.07) is 14.6. The highest BCUT2D eigenvalue weighted by atomic mass is 16.4. The Labute approximate surface area is 180 Å². The van der Waals surface area contributed by atoms with Crippen LogP contribution in [0, 0.1) is 0 Å². The zero-order valence-electron chi connectivity index (χ0n) is 17.1. The van der Waals surface area contributed by atoms with Crippen LogP contribution in [0.2, 0.25) is 0 Å². The molecule has 1 fully saturated rings. The number of hydrogen-bond donors (Lipinski definition) is 3. The summed E-state index contributed by atoms with van der Waals surface area (Å²) in [5, 5.41) is 22.8. The molecular weight excluding hydrogens is 396 g/mol. The van der Waals surface area contributed by atoms with Crippen LogP contribution in [0.15, 0.2) is 54.6 Å². The van der Waals surface area contributed by atoms with Crippen molar-refractivity contribution in [2.75, 3.05) is 0 Å². The number of rotatable bonds is 5. The molecule has 1 saturated heterocycles. The van der Waals surface area contributed by atoms with Gasteiger partial charge in [-0.1, -0.05) is 54.6 Å². The van der Waals surface area contributed by atoms with Gasteiger partial charge in [0.25, 0.3) is 0 Å². The molecule has 0 bridgehead atoms. The second-order valence-electron chi connectivity index (χ2n) is 8.22. The van der Waals surface area contributed by atoms with Gasteiger partial charge in [-0.05, 0) is 36.0 Å². The Morgan fingerprint density at radius 1 is 1.06 bits per heavy atom. The van der Waals surface area contributed by atoms with E-state index in [0.29, 0.717) is 19.3 Å². The van der Waals surface area contributed by atoms with Crippen molar-refractivity contribution in [2.45, 2.75) is 56.3 Å². The average Bonchev–Trinajstić information content (AvgIpc) is 2.89. The van der Waals surface area contributed by atoms with Crippen LogP contribution in [0.1, 0.15) is 42.0 Å². The maximum absolute atomic E-state index is 13.4. The van der Waals surface area contributed by atoms with Gasteiger partial charge in [0.2, 0.25) is 11.8 Å². The van der Waals surface area contributed by atoms with Gasteiger partial charge in [0.15, 0.2) is 0 Å². The number of benzene rings is 2. The topological polar surface area (TPSA) is 107 Å². The molecule has 0 saturated carbocycles. The summed E-state index contributed by atoms with van der Waals surface area (Å²) in [5.41, 5.74) is 2.66. The molecule has 3 unspecified atom stereocenters. The van der Waals surface area contributed by atoms with Crippen LogP contribution in [-0.2, 0) is 27.2 Å². The first-order valence-corrected chi connectivity index (χ1v) is 10.6. The fraction of sp³-hybridized carbons (Fsp3) is 0.375. The van der Waals surface area contributed by atoms with Gasteiger partial charge in [0.05, 0.1) is 6.04 Å². The van der Waals surface area contributed by atoms with E-state index in [1.54, 1.807) is 0 Å². The van der Waals surface area contributed by atoms with E-state index < -0.39 is 36.0 Å². The van der Waals surface area contributed by atoms with Crippen LogP contribution in [0.4, 0.5) is 0 Å². The van der Waals surface area contributed by atoms with Crippen molar-refractivity contribution in [2.24, 2.45) is 0 Å². The van der Waals surface area contributed by atoms with E-state index in [4.69, 9.17) is 0 Å². The molecule has 0 aromatic heterocycles. The smallest absolute Gasteiger partial charge is 0.326 e. The molecule has 3 N–H and O–H groups in total. The zero-order valence-corrected chi connectivity index (χ0v) is 17.1. The Morgan fingerprint density at radius 2 is 1.77 bits per heavy atom. The molecule has 4 rings (SSSR count). The normalized spacial score (nSPS) is 23.8. The van der Waals surface area contributed by atoms with Crippen LogP contribution in [-0.4, -0.2) is 51.1 Å². The van der Waals surface area contributed by atoms with Crippen LogP contribution in [0.5, 0.6) is 0 Å². The van der Waals surface area contributed by atoms with Crippen molar-refractivity contribution < 1.29 is 24.6 Å². The summed E-state index contributed by atoms with van der Waals surface area (Å²) in [5.74, 6) is -2.08. The number of carbonyl (C=O) groups excluding carboxylic acids is 2. The first-order valence-electron chi connectivity index (χ1n) is 10.6. The first-order chi connectivity index (χ1) is 15.0. The van der Waals surface area contributed by atoms with Crippen LogP contribution >= 0.6 is 0 Å². The third-order valence-electron chi connectivity index (χ3n) is 6.19. The molecule has 2 aromatic rings. The molecule has 7 nitrogen and oxygen atoms in total. The highest BCUT2D eigenvalue weighted by molar-refractivity contribution is 5.92. The average molecular weight is 422 g/mol. The van der Waals surface area contributed by atoms with E-state index in [9.17, 15) is 24.6 Å². The summed E-state index contributed by atoms with van der Waals surface area (Å²) in [7, 11) is 0. The molecule has 0 radical (unpaired) electrons. The van der Waals surface area contributed by atoms with Gasteiger partial charge >= 0.3 is 5.97 Å². The van der Waals surface area contributed by atoms with Gasteiger partial charge in [-0.2, -0.15) is 0 Å². The summed E-state index contributed by atoms with van der Waals surface area (Å²) < 4.78 is 0. The molecule has 2 aliphatic rings. The Morgan fingerprint density at radius 3 is 2.52 bits per heavy atom. The lowest BCUT2D eigenvalue weighted by Crippen LogP contribution is -2.56. The maximum atomic E-state index is 13.4. The van der Waals surface area contributed by atoms with E-state index in [1.807, 2.05) is 54.6 Å². The number of aliphatic carboxylic acids is 1. The number of fused-ring (bicyclic) bond motifs is 3. The molecular formula is C24H26N2O5. The fourth-order valence-corrected chi connectivity index (χ4v) is 4.70. The number of nitrogens with one attached hydrogen (secondary N) is 1. The summed E-state index contributed by atoms with van der Waals surface area (Å²) >= 11 is 0. The quantitative estimate of drug-likeness (QED) is 0.682. The van der Waals surface area contributed by atoms with Gasteiger partial charge < -0.3 is 20.4 Å². The van der Waals surface area contributed by atoms with E-state index in [0.717, 1.165) is 16.7 Å². The van der Waals surface area contributed by atoms with Crippen LogP contribution < -0.4 is 5.32 Å². The first kappa shape index (κ1) is 21.1. The number of carbonyl (C=O) groups is 3. The van der Waals surface area contributed by atoms with E-state index in [1.165, 1.54) is 4.90 Å². The van der Waals surface area contributed by atoms with Crippen molar-refractivity contribution in [1.29, 1.82) is 0 Å². The zero-order chi connectivity index (χ0) is 22.0. The number of carboxylic acid groups (broad SMARTS) is 1. The lowest BCUT2D eigenvalue weighted by molar-refractivity contribution is -0.156. The highest BCUT2D eigenvalue weighted by Gasteiger charge is 2.44. The second-order valence-corrected chi connectivity index (χ2v) is 8.22. The highest BCUT2D eigenvalue weighted by Crippen LogP contribution is 2.39. The predicted octanol–water partition coefficient (Wildman–Crippen LogP) is 1.84. The minimum atomic E-state index is -1.30. The predicted molar refractivity (Wildman–Crippen MR) is 113 cm³/mol. The molecule has 0 aliphatic carbocycles. The number of piperidine rings is 1. The van der Waals surface area contributed by atoms with Gasteiger partial charge in [0, 0.05) is 12.8 Å². The van der Waals surface area contributed by atoms with E-state index in [2.05, 4.69) is 5.32 Å². The molecule has 2 aliphatic heterocycles. The van der Waals surface area contributed by atoms with Crippen molar-refractivity contribution in [3.63, 3.8) is 0 Å². The largest absolute Gasteiger partial charge is 0.480 e. The van der Waals surface area contributed by atoms with Crippen molar-refractivity contribution >= 4 is 17.8 Å². The molecule has 4 atom stereocenters. The van der Waals surface area contributed by atoms with Gasteiger partial charge in [-0.3, -0.25) is 9.59 Å². The summed E-state index contributed by atoms with van der Waals surface area (Å²) in [4.78, 5) is 39.5. The lowest BCUT2D eigenvalue weighted by Gasteiger charge is -2.40. The molecule has 2 aromatic carbocycles. The monoisotopic (exact) mass is 422 g/mol. The van der Waals surface area contributed by atoms with E-state index in [-0.39, 0.29) is 18.9 Å². The number of aliphatic hydroxyl groups excluding tert-OH is 1. The van der Waals surface area contributed by atoms with Crippen molar-refractivity contribution in [1.82, 2.24) is 10.2 Å². The molecule has 0 spiro atoms. The number of hydrogen-bond acceptors (Lipinski definition) is 4. The van der Waals surface area contributed by atoms with Crippen LogP contribution in [0.3, 0.4) is 0 Å². The lowest BCUT2D eigenvalue weighted by atomic mass is 9.89. The van der Waals surface area contributed by atoms with Gasteiger partial charge in [0.1, 0.15) is 18.2 Å². The third kappa shape index (κ3) is 4.32. The number of aliphatic hydroxyl groups is 1. The van der Waals surface area contributed by atoms with Crippen LogP contribution in [0.25, 0.3) is 0 Å². The second kappa shape index (κ2) is 8.89. The SMILES string of the molecule is O=C(O)C1CCCC2c3ccccc3CC(NC(=O)[C@@H](O)Cc3ccccc3)C(=O)N12. The third-order valence-corrected chi connectivity index (χ3v) is 6.19. The Bertz CT molecular complexity index is 977. The maximum Gasteiger partial charge on any atom is 0.326 e. The molecule has 31 heavy (non-hydrogen) atoms.